The van der Waals surface area contributed by atoms with Crippen LogP contribution in [0.3, 0.4) is 0 Å². The van der Waals surface area contributed by atoms with Gasteiger partial charge < -0.3 is 25.5 Å². The van der Waals surface area contributed by atoms with Gasteiger partial charge in [0.05, 0.1) is 12.2 Å². The molecular formula is C22H17ClN4O3. The lowest BCUT2D eigenvalue weighted by Crippen LogP contribution is -2.08. The summed E-state index contributed by atoms with van der Waals surface area (Å²) in [4.78, 5) is 14.8. The molecule has 2 heterocycles. The predicted molar refractivity (Wildman–Crippen MR) is 116 cm³/mol. The third-order valence-corrected chi connectivity index (χ3v) is 5.08. The number of anilines is 1. The van der Waals surface area contributed by atoms with Crippen molar-refractivity contribution in [3.05, 3.63) is 93.6 Å². The van der Waals surface area contributed by atoms with Gasteiger partial charge in [0, 0.05) is 16.3 Å². The first-order valence-electron chi connectivity index (χ1n) is 9.07. The van der Waals surface area contributed by atoms with Gasteiger partial charge in [-0.25, -0.2) is 0 Å². The third-order valence-electron chi connectivity index (χ3n) is 4.75. The van der Waals surface area contributed by atoms with Gasteiger partial charge in [-0.2, -0.15) is 0 Å². The second kappa shape index (κ2) is 7.88. The molecule has 4 aromatic rings. The van der Waals surface area contributed by atoms with Gasteiger partial charge in [0.15, 0.2) is 5.69 Å². The highest BCUT2D eigenvalue weighted by atomic mass is 35.5. The molecule has 8 heteroatoms. The summed E-state index contributed by atoms with van der Waals surface area (Å²) in [5, 5.41) is 21.5. The number of benzene rings is 2. The third kappa shape index (κ3) is 3.70. The Morgan fingerprint density at radius 3 is 2.40 bits per heavy atom. The van der Waals surface area contributed by atoms with E-state index >= 15 is 0 Å². The maximum Gasteiger partial charge on any atom is 0.387 e. The van der Waals surface area contributed by atoms with Crippen LogP contribution in [-0.2, 0) is 6.54 Å². The number of aromatic nitrogens is 2. The molecule has 0 aliphatic carbocycles. The van der Waals surface area contributed by atoms with E-state index in [-0.39, 0.29) is 23.8 Å². The van der Waals surface area contributed by atoms with E-state index in [0.717, 1.165) is 22.5 Å². The fourth-order valence-electron chi connectivity index (χ4n) is 3.32. The molecule has 0 aliphatic rings. The highest BCUT2D eigenvalue weighted by molar-refractivity contribution is 6.33. The minimum absolute atomic E-state index is 0.0151. The van der Waals surface area contributed by atoms with Crippen LogP contribution in [0.2, 0.25) is 5.02 Å². The highest BCUT2D eigenvalue weighted by Crippen LogP contribution is 2.34. The Balaban J connectivity index is 1.87. The van der Waals surface area contributed by atoms with Gasteiger partial charge in [-0.05, 0) is 70.1 Å². The summed E-state index contributed by atoms with van der Waals surface area (Å²) in [7, 11) is 0. The van der Waals surface area contributed by atoms with Crippen LogP contribution in [0.4, 0.5) is 11.5 Å². The summed E-state index contributed by atoms with van der Waals surface area (Å²) in [6.07, 6.45) is 0. The standard InChI is InChI=1S/C22H17ClN4O3/c23-18-4-2-1-3-17(18)21-12-11-20(14-5-8-16(28)9-6-14)26(21)13-15-7-10-19(24)22(25-15)27(29)30/h1-12,28H,13,24H2. The van der Waals surface area contributed by atoms with E-state index in [2.05, 4.69) is 4.98 Å². The zero-order valence-corrected chi connectivity index (χ0v) is 16.5. The van der Waals surface area contributed by atoms with Crippen LogP contribution in [0.5, 0.6) is 5.75 Å². The van der Waals surface area contributed by atoms with Crippen LogP contribution in [0.1, 0.15) is 5.69 Å². The number of aromatic hydroxyl groups is 1. The Kier molecular flexibility index (Phi) is 5.12. The Bertz CT molecular complexity index is 1240. The molecule has 0 fully saturated rings. The van der Waals surface area contributed by atoms with E-state index in [1.807, 2.05) is 34.9 Å². The summed E-state index contributed by atoms with van der Waals surface area (Å²) < 4.78 is 1.98. The van der Waals surface area contributed by atoms with Crippen LogP contribution in [-0.4, -0.2) is 19.6 Å². The molecule has 0 saturated carbocycles. The number of nitrogens with zero attached hydrogens (tertiary/aromatic N) is 3. The molecule has 7 nitrogen and oxygen atoms in total. The smallest absolute Gasteiger partial charge is 0.387 e. The van der Waals surface area contributed by atoms with E-state index in [0.29, 0.717) is 10.7 Å². The number of pyridine rings is 1. The fraction of sp³-hybridized carbons (Fsp3) is 0.0455. The minimum Gasteiger partial charge on any atom is -0.508 e. The summed E-state index contributed by atoms with van der Waals surface area (Å²) in [5.41, 5.74) is 9.58. The molecule has 2 aromatic carbocycles. The van der Waals surface area contributed by atoms with Gasteiger partial charge in [-0.3, -0.25) is 0 Å². The van der Waals surface area contributed by atoms with Gasteiger partial charge in [0.2, 0.25) is 0 Å². The molecule has 30 heavy (non-hydrogen) atoms. The van der Waals surface area contributed by atoms with E-state index in [9.17, 15) is 15.2 Å². The maximum absolute atomic E-state index is 11.2. The van der Waals surface area contributed by atoms with E-state index in [4.69, 9.17) is 17.3 Å². The van der Waals surface area contributed by atoms with Crippen LogP contribution in [0, 0.1) is 10.1 Å². The van der Waals surface area contributed by atoms with Crippen molar-refractivity contribution in [2.24, 2.45) is 0 Å². The van der Waals surface area contributed by atoms with E-state index < -0.39 is 4.92 Å². The summed E-state index contributed by atoms with van der Waals surface area (Å²) in [6.45, 7) is 0.269. The number of nitro groups is 1. The quantitative estimate of drug-likeness (QED) is 0.344. The average Bonchev–Trinajstić information content (AvgIpc) is 3.13. The second-order valence-corrected chi connectivity index (χ2v) is 7.10. The monoisotopic (exact) mass is 420 g/mol. The molecular weight excluding hydrogens is 404 g/mol. The zero-order chi connectivity index (χ0) is 21.3. The molecule has 0 unspecified atom stereocenters. The molecule has 3 N–H and O–H groups in total. The summed E-state index contributed by atoms with van der Waals surface area (Å²) in [5.74, 6) is -0.204. The number of rotatable bonds is 5. The minimum atomic E-state index is -0.593. The van der Waals surface area contributed by atoms with E-state index in [1.54, 1.807) is 36.4 Å². The van der Waals surface area contributed by atoms with Gasteiger partial charge in [-0.1, -0.05) is 29.8 Å². The van der Waals surface area contributed by atoms with Crippen molar-refractivity contribution in [1.29, 1.82) is 0 Å². The molecule has 0 radical (unpaired) electrons. The summed E-state index contributed by atoms with van der Waals surface area (Å²) >= 11 is 6.43. The van der Waals surface area contributed by atoms with Gasteiger partial charge in [0.25, 0.3) is 0 Å². The highest BCUT2D eigenvalue weighted by Gasteiger charge is 2.19. The predicted octanol–water partition coefficient (Wildman–Crippen LogP) is 5.11. The number of phenolic OH excluding ortho intramolecular Hbond substituents is 1. The molecule has 0 saturated heterocycles. The number of phenols is 1. The molecule has 2 aromatic heterocycles. The number of halogens is 1. The molecule has 0 spiro atoms. The first kappa shape index (κ1) is 19.5. The SMILES string of the molecule is Nc1ccc(Cn2c(-c3ccc(O)cc3)ccc2-c2ccccc2Cl)nc1[N+](=O)[O-]. The number of nitrogen functional groups attached to an aromatic ring is 1. The first-order chi connectivity index (χ1) is 14.4. The lowest BCUT2D eigenvalue weighted by molar-refractivity contribution is -0.388. The second-order valence-electron chi connectivity index (χ2n) is 6.69. The number of hydrogen-bond acceptors (Lipinski definition) is 5. The largest absolute Gasteiger partial charge is 0.508 e. The lowest BCUT2D eigenvalue weighted by Gasteiger charge is -2.14. The van der Waals surface area contributed by atoms with Crippen molar-refractivity contribution in [3.8, 4) is 28.3 Å². The Labute approximate surface area is 177 Å². The fourth-order valence-corrected chi connectivity index (χ4v) is 3.55. The Morgan fingerprint density at radius 1 is 1.00 bits per heavy atom. The molecule has 150 valence electrons. The number of hydrogen-bond donors (Lipinski definition) is 2. The molecule has 0 amide bonds. The van der Waals surface area contributed by atoms with Crippen molar-refractivity contribution < 1.29 is 10.0 Å². The van der Waals surface area contributed by atoms with Crippen LogP contribution < -0.4 is 5.73 Å². The maximum atomic E-state index is 11.2. The molecule has 0 aliphatic heterocycles. The molecule has 0 atom stereocenters. The van der Waals surface area contributed by atoms with Crippen molar-refractivity contribution in [2.45, 2.75) is 6.54 Å². The van der Waals surface area contributed by atoms with Crippen molar-refractivity contribution >= 4 is 23.1 Å². The van der Waals surface area contributed by atoms with Crippen LogP contribution in [0.25, 0.3) is 22.5 Å². The van der Waals surface area contributed by atoms with Gasteiger partial charge >= 0.3 is 5.82 Å². The first-order valence-corrected chi connectivity index (χ1v) is 9.45. The Morgan fingerprint density at radius 2 is 1.70 bits per heavy atom. The lowest BCUT2D eigenvalue weighted by atomic mass is 10.1. The topological polar surface area (TPSA) is 107 Å². The van der Waals surface area contributed by atoms with Crippen LogP contribution >= 0.6 is 11.6 Å². The van der Waals surface area contributed by atoms with Crippen molar-refractivity contribution in [2.75, 3.05) is 5.73 Å². The summed E-state index contributed by atoms with van der Waals surface area (Å²) in [6, 6.07) is 21.3. The van der Waals surface area contributed by atoms with Crippen molar-refractivity contribution in [1.82, 2.24) is 9.55 Å². The van der Waals surface area contributed by atoms with Gasteiger partial charge in [0.1, 0.15) is 11.4 Å². The normalized spacial score (nSPS) is 10.8. The molecule has 4 rings (SSSR count). The zero-order valence-electron chi connectivity index (χ0n) is 15.7. The van der Waals surface area contributed by atoms with Gasteiger partial charge in [-0.15, -0.1) is 0 Å². The molecule has 0 bridgehead atoms. The number of nitrogens with two attached hydrogens (primary N) is 1. The van der Waals surface area contributed by atoms with Crippen LogP contribution in [0.15, 0.2) is 72.8 Å². The Hall–Kier alpha value is -3.84. The average molecular weight is 421 g/mol. The van der Waals surface area contributed by atoms with Crippen molar-refractivity contribution in [3.63, 3.8) is 0 Å². The van der Waals surface area contributed by atoms with E-state index in [1.165, 1.54) is 6.07 Å².